The molecule has 18 heavy (non-hydrogen) atoms. The summed E-state index contributed by atoms with van der Waals surface area (Å²) in [6.07, 6.45) is 0. The number of nitrogens with zero attached hydrogens (tertiary/aromatic N) is 2. The van der Waals surface area contributed by atoms with E-state index in [1.807, 2.05) is 30.0 Å². The molecular weight excluding hydrogens is 248 g/mol. The molecule has 1 amide bonds. The van der Waals surface area contributed by atoms with Gasteiger partial charge in [0.1, 0.15) is 0 Å². The van der Waals surface area contributed by atoms with Crippen molar-refractivity contribution in [2.24, 2.45) is 0 Å². The quantitative estimate of drug-likeness (QED) is 0.791. The maximum atomic E-state index is 12.4. The molecule has 1 aromatic carbocycles. The summed E-state index contributed by atoms with van der Waals surface area (Å²) in [6, 6.07) is 5.83. The van der Waals surface area contributed by atoms with Gasteiger partial charge in [-0.15, -0.1) is 11.3 Å². The fraction of sp³-hybridized carbons (Fsp3) is 0.385. The molecular formula is C13H14N2O2S. The van der Waals surface area contributed by atoms with Gasteiger partial charge in [0, 0.05) is 12.1 Å². The van der Waals surface area contributed by atoms with Gasteiger partial charge in [-0.1, -0.05) is 0 Å². The van der Waals surface area contributed by atoms with E-state index in [9.17, 15) is 4.79 Å². The number of aromatic nitrogens is 1. The maximum Gasteiger partial charge on any atom is 0.254 e. The zero-order valence-electron chi connectivity index (χ0n) is 10.1. The van der Waals surface area contributed by atoms with E-state index in [4.69, 9.17) is 4.74 Å². The van der Waals surface area contributed by atoms with E-state index in [2.05, 4.69) is 4.98 Å². The van der Waals surface area contributed by atoms with Crippen molar-refractivity contribution in [1.29, 1.82) is 0 Å². The number of hydrogen-bond donors (Lipinski definition) is 0. The standard InChI is InChI=1S/C13H14N2O2S/c1-9-7-17-5-4-15(9)13(16)10-2-3-11-12(6-10)18-8-14-11/h2-3,6,8-9H,4-5,7H2,1H3. The van der Waals surface area contributed by atoms with Crippen LogP contribution in [0.4, 0.5) is 0 Å². The van der Waals surface area contributed by atoms with Gasteiger partial charge in [-0.25, -0.2) is 4.98 Å². The molecule has 5 heteroatoms. The van der Waals surface area contributed by atoms with Crippen LogP contribution in [0.2, 0.25) is 0 Å². The van der Waals surface area contributed by atoms with Crippen LogP contribution < -0.4 is 0 Å². The first kappa shape index (κ1) is 11.6. The Balaban J connectivity index is 1.90. The molecule has 3 rings (SSSR count). The number of hydrogen-bond acceptors (Lipinski definition) is 4. The zero-order chi connectivity index (χ0) is 12.5. The normalized spacial score (nSPS) is 20.3. The van der Waals surface area contributed by atoms with Crippen molar-refractivity contribution in [3.63, 3.8) is 0 Å². The van der Waals surface area contributed by atoms with Crippen molar-refractivity contribution in [3.8, 4) is 0 Å². The lowest BCUT2D eigenvalue weighted by molar-refractivity contribution is 0.00360. The lowest BCUT2D eigenvalue weighted by Gasteiger charge is -2.33. The van der Waals surface area contributed by atoms with E-state index in [1.54, 1.807) is 16.8 Å². The van der Waals surface area contributed by atoms with Crippen molar-refractivity contribution >= 4 is 27.5 Å². The van der Waals surface area contributed by atoms with Crippen LogP contribution in [0, 0.1) is 0 Å². The highest BCUT2D eigenvalue weighted by Gasteiger charge is 2.24. The summed E-state index contributed by atoms with van der Waals surface area (Å²) >= 11 is 1.56. The highest BCUT2D eigenvalue weighted by Crippen LogP contribution is 2.21. The average molecular weight is 262 g/mol. The number of thiazole rings is 1. The summed E-state index contributed by atoms with van der Waals surface area (Å²) in [4.78, 5) is 18.5. The summed E-state index contributed by atoms with van der Waals surface area (Å²) in [5, 5.41) is 0. The number of benzene rings is 1. The first-order valence-electron chi connectivity index (χ1n) is 5.97. The predicted octanol–water partition coefficient (Wildman–Crippen LogP) is 2.16. The highest BCUT2D eigenvalue weighted by atomic mass is 32.1. The molecule has 1 aromatic heterocycles. The Labute approximate surface area is 109 Å². The van der Waals surface area contributed by atoms with Crippen LogP contribution in [0.3, 0.4) is 0 Å². The fourth-order valence-corrected chi connectivity index (χ4v) is 2.90. The summed E-state index contributed by atoms with van der Waals surface area (Å²) in [6.45, 7) is 3.93. The van der Waals surface area contributed by atoms with Gasteiger partial charge in [0.15, 0.2) is 0 Å². The van der Waals surface area contributed by atoms with E-state index in [0.717, 1.165) is 15.8 Å². The SMILES string of the molecule is CC1COCCN1C(=O)c1ccc2ncsc2c1. The largest absolute Gasteiger partial charge is 0.377 e. The highest BCUT2D eigenvalue weighted by molar-refractivity contribution is 7.16. The molecule has 1 fully saturated rings. The number of carbonyl (C=O) groups is 1. The molecule has 1 atom stereocenters. The summed E-state index contributed by atoms with van der Waals surface area (Å²) in [7, 11) is 0. The van der Waals surface area contributed by atoms with Crippen LogP contribution in [0.25, 0.3) is 10.2 Å². The molecule has 4 nitrogen and oxygen atoms in total. The van der Waals surface area contributed by atoms with Gasteiger partial charge in [0.05, 0.1) is 35.0 Å². The minimum atomic E-state index is 0.0844. The van der Waals surface area contributed by atoms with Crippen LogP contribution >= 0.6 is 11.3 Å². The van der Waals surface area contributed by atoms with Crippen LogP contribution in [-0.2, 0) is 4.74 Å². The Hall–Kier alpha value is -1.46. The van der Waals surface area contributed by atoms with E-state index in [0.29, 0.717) is 19.8 Å². The summed E-state index contributed by atoms with van der Waals surface area (Å²) in [5.74, 6) is 0.0844. The third kappa shape index (κ3) is 2.00. The second kappa shape index (κ2) is 4.66. The smallest absolute Gasteiger partial charge is 0.254 e. The molecule has 2 heterocycles. The Morgan fingerprint density at radius 2 is 2.44 bits per heavy atom. The van der Waals surface area contributed by atoms with Crippen LogP contribution in [0.15, 0.2) is 23.7 Å². The second-order valence-corrected chi connectivity index (χ2v) is 5.34. The van der Waals surface area contributed by atoms with E-state index in [1.165, 1.54) is 0 Å². The van der Waals surface area contributed by atoms with E-state index >= 15 is 0 Å². The fourth-order valence-electron chi connectivity index (χ4n) is 2.18. The molecule has 0 saturated carbocycles. The first-order valence-corrected chi connectivity index (χ1v) is 6.85. The predicted molar refractivity (Wildman–Crippen MR) is 70.9 cm³/mol. The molecule has 1 unspecified atom stereocenters. The maximum absolute atomic E-state index is 12.4. The van der Waals surface area contributed by atoms with Gasteiger partial charge in [-0.2, -0.15) is 0 Å². The Morgan fingerprint density at radius 1 is 1.56 bits per heavy atom. The number of carbonyl (C=O) groups excluding carboxylic acids is 1. The molecule has 0 spiro atoms. The molecule has 1 saturated heterocycles. The Kier molecular flexibility index (Phi) is 3.01. The molecule has 0 bridgehead atoms. The topological polar surface area (TPSA) is 42.4 Å². The summed E-state index contributed by atoms with van der Waals surface area (Å²) in [5.41, 5.74) is 3.49. The van der Waals surface area contributed by atoms with Crippen LogP contribution in [0.1, 0.15) is 17.3 Å². The minimum absolute atomic E-state index is 0.0844. The van der Waals surface area contributed by atoms with Crippen LogP contribution in [-0.4, -0.2) is 41.6 Å². The minimum Gasteiger partial charge on any atom is -0.377 e. The lowest BCUT2D eigenvalue weighted by Crippen LogP contribution is -2.47. The van der Waals surface area contributed by atoms with Gasteiger partial charge in [-0.3, -0.25) is 4.79 Å². The van der Waals surface area contributed by atoms with Crippen molar-refractivity contribution in [2.75, 3.05) is 19.8 Å². The van der Waals surface area contributed by atoms with Crippen molar-refractivity contribution in [1.82, 2.24) is 9.88 Å². The van der Waals surface area contributed by atoms with Gasteiger partial charge >= 0.3 is 0 Å². The average Bonchev–Trinajstić information content (AvgIpc) is 2.85. The molecule has 0 N–H and O–H groups in total. The van der Waals surface area contributed by atoms with Gasteiger partial charge in [0.2, 0.25) is 0 Å². The van der Waals surface area contributed by atoms with Crippen molar-refractivity contribution in [3.05, 3.63) is 29.3 Å². The zero-order valence-corrected chi connectivity index (χ0v) is 10.9. The molecule has 1 aliphatic heterocycles. The number of rotatable bonds is 1. The first-order chi connectivity index (χ1) is 8.75. The van der Waals surface area contributed by atoms with E-state index in [-0.39, 0.29) is 11.9 Å². The van der Waals surface area contributed by atoms with Gasteiger partial charge in [-0.05, 0) is 25.1 Å². The number of amides is 1. The third-order valence-corrected chi connectivity index (χ3v) is 4.00. The lowest BCUT2D eigenvalue weighted by atomic mass is 10.1. The molecule has 0 radical (unpaired) electrons. The molecule has 1 aliphatic rings. The third-order valence-electron chi connectivity index (χ3n) is 3.21. The molecule has 0 aliphatic carbocycles. The number of fused-ring (bicyclic) bond motifs is 1. The number of ether oxygens (including phenoxy) is 1. The number of morpholine rings is 1. The second-order valence-electron chi connectivity index (χ2n) is 4.46. The van der Waals surface area contributed by atoms with E-state index < -0.39 is 0 Å². The van der Waals surface area contributed by atoms with Gasteiger partial charge in [0.25, 0.3) is 5.91 Å². The molecule has 2 aromatic rings. The molecule has 94 valence electrons. The Bertz CT molecular complexity index is 581. The van der Waals surface area contributed by atoms with Gasteiger partial charge < -0.3 is 9.64 Å². The Morgan fingerprint density at radius 3 is 3.28 bits per heavy atom. The summed E-state index contributed by atoms with van der Waals surface area (Å²) < 4.78 is 6.41. The monoisotopic (exact) mass is 262 g/mol. The van der Waals surface area contributed by atoms with Crippen molar-refractivity contribution in [2.45, 2.75) is 13.0 Å². The van der Waals surface area contributed by atoms with Crippen molar-refractivity contribution < 1.29 is 9.53 Å². The van der Waals surface area contributed by atoms with Crippen LogP contribution in [0.5, 0.6) is 0 Å².